The second-order valence-corrected chi connectivity index (χ2v) is 6.34. The largest absolute Gasteiger partial charge is 0.493 e. The minimum absolute atomic E-state index is 0.209. The quantitative estimate of drug-likeness (QED) is 0.873. The Morgan fingerprint density at radius 1 is 1.39 bits per heavy atom. The van der Waals surface area contributed by atoms with E-state index in [0.29, 0.717) is 12.5 Å². The normalized spacial score (nSPS) is 20.2. The van der Waals surface area contributed by atoms with Crippen molar-refractivity contribution < 1.29 is 9.53 Å². The van der Waals surface area contributed by atoms with Gasteiger partial charge in [-0.2, -0.15) is 5.10 Å². The summed E-state index contributed by atoms with van der Waals surface area (Å²) in [5, 5.41) is 4.32. The summed E-state index contributed by atoms with van der Waals surface area (Å²) in [5.41, 5.74) is 2.31. The number of ether oxygens (including phenoxy) is 1. The van der Waals surface area contributed by atoms with Gasteiger partial charge in [-0.15, -0.1) is 0 Å². The Labute approximate surface area is 135 Å². The van der Waals surface area contributed by atoms with E-state index >= 15 is 0 Å². The van der Waals surface area contributed by atoms with E-state index in [0.717, 1.165) is 50.3 Å². The van der Waals surface area contributed by atoms with Gasteiger partial charge >= 0.3 is 0 Å². The van der Waals surface area contributed by atoms with Gasteiger partial charge in [0.25, 0.3) is 0 Å². The van der Waals surface area contributed by atoms with Gasteiger partial charge in [0, 0.05) is 31.9 Å². The molecule has 0 saturated carbocycles. The number of amides is 1. The van der Waals surface area contributed by atoms with E-state index in [1.165, 1.54) is 5.56 Å². The number of nitrogens with zero attached hydrogens (tertiary/aromatic N) is 3. The van der Waals surface area contributed by atoms with Gasteiger partial charge in [-0.3, -0.25) is 9.48 Å². The third-order valence-corrected chi connectivity index (χ3v) is 4.76. The molecule has 1 aromatic heterocycles. The Morgan fingerprint density at radius 2 is 2.35 bits per heavy atom. The van der Waals surface area contributed by atoms with Crippen molar-refractivity contribution in [2.24, 2.45) is 0 Å². The van der Waals surface area contributed by atoms with Gasteiger partial charge in [-0.1, -0.05) is 12.1 Å². The monoisotopic (exact) mass is 311 g/mol. The molecule has 0 radical (unpaired) electrons. The van der Waals surface area contributed by atoms with Crippen molar-refractivity contribution in [2.75, 3.05) is 19.7 Å². The van der Waals surface area contributed by atoms with Crippen LogP contribution in [-0.2, 0) is 17.6 Å². The third-order valence-electron chi connectivity index (χ3n) is 4.76. The van der Waals surface area contributed by atoms with Crippen LogP contribution in [0, 0.1) is 0 Å². The average molecular weight is 311 g/mol. The summed E-state index contributed by atoms with van der Waals surface area (Å²) in [5.74, 6) is 1.18. The number of hydrogen-bond donors (Lipinski definition) is 0. The Balaban J connectivity index is 1.42. The maximum Gasteiger partial charge on any atom is 0.227 e. The van der Waals surface area contributed by atoms with Crippen molar-refractivity contribution in [3.63, 3.8) is 0 Å². The molecule has 0 aliphatic carbocycles. The van der Waals surface area contributed by atoms with Crippen LogP contribution in [-0.4, -0.2) is 40.3 Å². The predicted molar refractivity (Wildman–Crippen MR) is 86.4 cm³/mol. The van der Waals surface area contributed by atoms with Crippen LogP contribution >= 0.6 is 0 Å². The zero-order valence-electron chi connectivity index (χ0n) is 13.1. The van der Waals surface area contributed by atoms with E-state index in [-0.39, 0.29) is 5.91 Å². The van der Waals surface area contributed by atoms with Crippen LogP contribution in [0.2, 0.25) is 0 Å². The standard InChI is InChI=1S/C18H21N3O2/c22-18(12-14-4-5-17-15(11-14)6-10-23-17)20-8-1-3-16(13-20)21-9-2-7-19-21/h2,4-5,7,9,11,16H,1,3,6,8,10,12-13H2/t16-/m0/s1. The first-order valence-corrected chi connectivity index (χ1v) is 8.31. The SMILES string of the molecule is O=C(Cc1ccc2c(c1)CCO2)N1CCC[C@H](n2cccn2)C1. The molecule has 120 valence electrons. The predicted octanol–water partition coefficient (Wildman–Crippen LogP) is 2.22. The molecule has 5 nitrogen and oxygen atoms in total. The van der Waals surface area contributed by atoms with Crippen molar-refractivity contribution in [3.8, 4) is 5.75 Å². The first kappa shape index (κ1) is 14.3. The van der Waals surface area contributed by atoms with Crippen molar-refractivity contribution in [3.05, 3.63) is 47.8 Å². The fraction of sp³-hybridized carbons (Fsp3) is 0.444. The molecule has 23 heavy (non-hydrogen) atoms. The fourth-order valence-electron chi connectivity index (χ4n) is 3.53. The number of piperidine rings is 1. The van der Waals surface area contributed by atoms with Crippen molar-refractivity contribution in [1.29, 1.82) is 0 Å². The minimum atomic E-state index is 0.209. The molecule has 1 aromatic carbocycles. The number of benzene rings is 1. The molecule has 2 aliphatic rings. The highest BCUT2D eigenvalue weighted by atomic mass is 16.5. The molecule has 0 N–H and O–H groups in total. The summed E-state index contributed by atoms with van der Waals surface area (Å²) in [4.78, 5) is 14.6. The fourth-order valence-corrected chi connectivity index (χ4v) is 3.53. The lowest BCUT2D eigenvalue weighted by Crippen LogP contribution is -2.41. The first-order valence-electron chi connectivity index (χ1n) is 8.31. The minimum Gasteiger partial charge on any atom is -0.493 e. The average Bonchev–Trinajstić information content (AvgIpc) is 3.26. The summed E-state index contributed by atoms with van der Waals surface area (Å²) < 4.78 is 7.50. The van der Waals surface area contributed by atoms with Gasteiger partial charge in [0.1, 0.15) is 5.75 Å². The van der Waals surface area contributed by atoms with Gasteiger partial charge in [-0.05, 0) is 36.1 Å². The number of carbonyl (C=O) groups excluding carboxylic acids is 1. The molecular formula is C18H21N3O2. The Morgan fingerprint density at radius 3 is 3.22 bits per heavy atom. The summed E-state index contributed by atoms with van der Waals surface area (Å²) in [6.45, 7) is 2.36. The van der Waals surface area contributed by atoms with E-state index in [1.54, 1.807) is 6.20 Å². The Hall–Kier alpha value is -2.30. The molecule has 3 heterocycles. The van der Waals surface area contributed by atoms with Crippen LogP contribution in [0.3, 0.4) is 0 Å². The molecule has 2 aromatic rings. The maximum atomic E-state index is 12.6. The van der Waals surface area contributed by atoms with Crippen LogP contribution < -0.4 is 4.74 Å². The molecule has 0 unspecified atom stereocenters. The molecule has 1 saturated heterocycles. The van der Waals surface area contributed by atoms with Crippen molar-refractivity contribution in [2.45, 2.75) is 31.7 Å². The van der Waals surface area contributed by atoms with Crippen LogP contribution in [0.5, 0.6) is 5.75 Å². The topological polar surface area (TPSA) is 47.4 Å². The van der Waals surface area contributed by atoms with Gasteiger partial charge in [-0.25, -0.2) is 0 Å². The van der Waals surface area contributed by atoms with Crippen LogP contribution in [0.15, 0.2) is 36.7 Å². The van der Waals surface area contributed by atoms with E-state index in [1.807, 2.05) is 34.0 Å². The highest BCUT2D eigenvalue weighted by molar-refractivity contribution is 5.79. The number of aromatic nitrogens is 2. The smallest absolute Gasteiger partial charge is 0.227 e. The summed E-state index contributed by atoms with van der Waals surface area (Å²) >= 11 is 0. The number of rotatable bonds is 3. The molecule has 1 fully saturated rings. The molecule has 4 rings (SSSR count). The van der Waals surface area contributed by atoms with E-state index in [2.05, 4.69) is 11.2 Å². The maximum absolute atomic E-state index is 12.6. The Bertz CT molecular complexity index is 696. The van der Waals surface area contributed by atoms with Gasteiger partial charge in [0.15, 0.2) is 0 Å². The van der Waals surface area contributed by atoms with E-state index in [9.17, 15) is 4.79 Å². The highest BCUT2D eigenvalue weighted by Crippen LogP contribution is 2.27. The lowest BCUT2D eigenvalue weighted by molar-refractivity contribution is -0.132. The molecule has 0 bridgehead atoms. The zero-order chi connectivity index (χ0) is 15.6. The Kier molecular flexibility index (Phi) is 3.77. The van der Waals surface area contributed by atoms with E-state index < -0.39 is 0 Å². The van der Waals surface area contributed by atoms with Crippen LogP contribution in [0.25, 0.3) is 0 Å². The first-order chi connectivity index (χ1) is 11.3. The molecule has 1 amide bonds. The molecule has 5 heteroatoms. The van der Waals surface area contributed by atoms with Gasteiger partial charge < -0.3 is 9.64 Å². The summed E-state index contributed by atoms with van der Waals surface area (Å²) in [6, 6.07) is 8.36. The lowest BCUT2D eigenvalue weighted by Gasteiger charge is -2.33. The number of likely N-dealkylation sites (tertiary alicyclic amines) is 1. The number of fused-ring (bicyclic) bond motifs is 1. The second-order valence-electron chi connectivity index (χ2n) is 6.34. The number of hydrogen-bond acceptors (Lipinski definition) is 3. The van der Waals surface area contributed by atoms with Gasteiger partial charge in [0.2, 0.25) is 5.91 Å². The lowest BCUT2D eigenvalue weighted by atomic mass is 10.0. The second kappa shape index (κ2) is 6.07. The van der Waals surface area contributed by atoms with Crippen LogP contribution in [0.1, 0.15) is 30.0 Å². The van der Waals surface area contributed by atoms with Crippen LogP contribution in [0.4, 0.5) is 0 Å². The highest BCUT2D eigenvalue weighted by Gasteiger charge is 2.25. The zero-order valence-corrected chi connectivity index (χ0v) is 13.1. The molecule has 0 spiro atoms. The van der Waals surface area contributed by atoms with E-state index in [4.69, 9.17) is 4.74 Å². The molecular weight excluding hydrogens is 290 g/mol. The third kappa shape index (κ3) is 2.96. The summed E-state index contributed by atoms with van der Waals surface area (Å²) in [7, 11) is 0. The summed E-state index contributed by atoms with van der Waals surface area (Å²) in [6.07, 6.45) is 7.32. The van der Waals surface area contributed by atoms with Gasteiger partial charge in [0.05, 0.1) is 19.1 Å². The number of carbonyl (C=O) groups is 1. The van der Waals surface area contributed by atoms with Crippen molar-refractivity contribution >= 4 is 5.91 Å². The molecule has 2 aliphatic heterocycles. The van der Waals surface area contributed by atoms with Crippen molar-refractivity contribution in [1.82, 2.24) is 14.7 Å². The molecule has 1 atom stereocenters.